The Hall–Kier alpha value is -1.35. The van der Waals surface area contributed by atoms with Crippen molar-refractivity contribution in [2.45, 2.75) is 32.2 Å². The molecule has 3 N–H and O–H groups in total. The Labute approximate surface area is 125 Å². The largest absolute Gasteiger partial charge is 0.271 e. The molecule has 0 fully saturated rings. The van der Waals surface area contributed by atoms with E-state index >= 15 is 0 Å². The number of nitrogens with two attached hydrogens (primary N) is 1. The number of hydrogen-bond acceptors (Lipinski definition) is 2. The summed E-state index contributed by atoms with van der Waals surface area (Å²) in [4.78, 5) is 0. The van der Waals surface area contributed by atoms with Gasteiger partial charge in [0.1, 0.15) is 0 Å². The molecular formula is C17H21ClN2. The number of halogens is 1. The van der Waals surface area contributed by atoms with E-state index in [1.54, 1.807) is 0 Å². The van der Waals surface area contributed by atoms with Crippen molar-refractivity contribution in [2.24, 2.45) is 5.84 Å². The van der Waals surface area contributed by atoms with Crippen LogP contribution in [0.2, 0.25) is 5.02 Å². The van der Waals surface area contributed by atoms with Gasteiger partial charge < -0.3 is 0 Å². The first-order valence-corrected chi connectivity index (χ1v) is 7.37. The molecule has 0 saturated heterocycles. The molecule has 2 aromatic carbocycles. The second-order valence-corrected chi connectivity index (χ2v) is 5.50. The van der Waals surface area contributed by atoms with E-state index in [0.717, 1.165) is 24.3 Å². The van der Waals surface area contributed by atoms with Crippen LogP contribution in [0, 0.1) is 0 Å². The van der Waals surface area contributed by atoms with Crippen LogP contribution < -0.4 is 11.3 Å². The molecule has 20 heavy (non-hydrogen) atoms. The maximum absolute atomic E-state index is 5.90. The first-order valence-electron chi connectivity index (χ1n) is 6.99. The predicted molar refractivity (Wildman–Crippen MR) is 85.8 cm³/mol. The summed E-state index contributed by atoms with van der Waals surface area (Å²) in [7, 11) is 0. The lowest BCUT2D eigenvalue weighted by Crippen LogP contribution is -2.38. The van der Waals surface area contributed by atoms with Gasteiger partial charge in [-0.25, -0.2) is 0 Å². The van der Waals surface area contributed by atoms with Crippen LogP contribution >= 0.6 is 11.6 Å². The topological polar surface area (TPSA) is 38.0 Å². The maximum Gasteiger partial charge on any atom is 0.0406 e. The van der Waals surface area contributed by atoms with E-state index in [4.69, 9.17) is 17.4 Å². The van der Waals surface area contributed by atoms with Gasteiger partial charge in [0.15, 0.2) is 0 Å². The minimum absolute atomic E-state index is 0.226. The third-order valence-electron chi connectivity index (χ3n) is 3.54. The highest BCUT2D eigenvalue weighted by molar-refractivity contribution is 6.30. The van der Waals surface area contributed by atoms with Gasteiger partial charge in [-0.05, 0) is 48.1 Å². The molecule has 1 unspecified atom stereocenters. The Balaban J connectivity index is 1.99. The van der Waals surface area contributed by atoms with Gasteiger partial charge in [-0.2, -0.15) is 0 Å². The predicted octanol–water partition coefficient (Wildman–Crippen LogP) is 3.52. The molecule has 2 aromatic rings. The fourth-order valence-corrected chi connectivity index (χ4v) is 2.42. The van der Waals surface area contributed by atoms with Crippen molar-refractivity contribution in [2.75, 3.05) is 0 Å². The summed E-state index contributed by atoms with van der Waals surface area (Å²) < 4.78 is 0. The van der Waals surface area contributed by atoms with E-state index in [2.05, 4.69) is 36.6 Å². The van der Waals surface area contributed by atoms with E-state index in [1.807, 2.05) is 24.3 Å². The third kappa shape index (κ3) is 4.34. The molecule has 0 radical (unpaired) electrons. The van der Waals surface area contributed by atoms with Gasteiger partial charge in [-0.1, -0.05) is 54.9 Å². The molecule has 2 rings (SSSR count). The number of hydrazine groups is 1. The van der Waals surface area contributed by atoms with Crippen molar-refractivity contribution in [1.82, 2.24) is 5.43 Å². The lowest BCUT2D eigenvalue weighted by Gasteiger charge is -2.16. The van der Waals surface area contributed by atoms with Gasteiger partial charge in [0.05, 0.1) is 0 Å². The summed E-state index contributed by atoms with van der Waals surface area (Å²) in [6, 6.07) is 16.9. The van der Waals surface area contributed by atoms with Crippen molar-refractivity contribution in [3.05, 3.63) is 70.2 Å². The zero-order chi connectivity index (χ0) is 14.4. The highest BCUT2D eigenvalue weighted by atomic mass is 35.5. The average Bonchev–Trinajstić information content (AvgIpc) is 2.49. The molecular weight excluding hydrogens is 268 g/mol. The summed E-state index contributed by atoms with van der Waals surface area (Å²) in [6.45, 7) is 2.17. The zero-order valence-electron chi connectivity index (χ0n) is 11.8. The van der Waals surface area contributed by atoms with Crippen LogP contribution in [0.3, 0.4) is 0 Å². The van der Waals surface area contributed by atoms with Gasteiger partial charge >= 0.3 is 0 Å². The van der Waals surface area contributed by atoms with Crippen LogP contribution in [-0.2, 0) is 19.3 Å². The van der Waals surface area contributed by atoms with Crippen molar-refractivity contribution >= 4 is 11.6 Å². The fraction of sp³-hybridized carbons (Fsp3) is 0.294. The summed E-state index contributed by atoms with van der Waals surface area (Å²) in [6.07, 6.45) is 2.88. The van der Waals surface area contributed by atoms with Crippen LogP contribution in [0.4, 0.5) is 0 Å². The average molecular weight is 289 g/mol. The lowest BCUT2D eigenvalue weighted by molar-refractivity contribution is 0.522. The first-order chi connectivity index (χ1) is 9.71. The van der Waals surface area contributed by atoms with E-state index < -0.39 is 0 Å². The Kier molecular flexibility index (Phi) is 5.60. The van der Waals surface area contributed by atoms with Crippen LogP contribution in [0.1, 0.15) is 23.6 Å². The molecule has 0 heterocycles. The first kappa shape index (κ1) is 15.0. The van der Waals surface area contributed by atoms with Gasteiger partial charge in [0.25, 0.3) is 0 Å². The Morgan fingerprint density at radius 3 is 1.80 bits per heavy atom. The van der Waals surface area contributed by atoms with E-state index in [1.165, 1.54) is 16.7 Å². The molecule has 0 bridgehead atoms. The molecule has 1 atom stereocenters. The highest BCUT2D eigenvalue weighted by Crippen LogP contribution is 2.13. The van der Waals surface area contributed by atoms with Crippen LogP contribution in [0.25, 0.3) is 0 Å². The molecule has 0 aliphatic rings. The molecule has 0 aliphatic heterocycles. The van der Waals surface area contributed by atoms with Crippen molar-refractivity contribution in [3.63, 3.8) is 0 Å². The van der Waals surface area contributed by atoms with E-state index in [-0.39, 0.29) is 6.04 Å². The summed E-state index contributed by atoms with van der Waals surface area (Å²) in [5, 5.41) is 0.765. The molecule has 2 nitrogen and oxygen atoms in total. The number of hydrogen-bond donors (Lipinski definition) is 2. The second-order valence-electron chi connectivity index (χ2n) is 5.07. The zero-order valence-corrected chi connectivity index (χ0v) is 12.5. The Morgan fingerprint density at radius 2 is 1.35 bits per heavy atom. The standard InChI is InChI=1S/C17H21ClN2/c1-2-13-3-5-14(6-4-13)11-17(20-19)12-15-7-9-16(18)10-8-15/h3-10,17,20H,2,11-12,19H2,1H3. The number of benzene rings is 2. The number of nitrogens with one attached hydrogen (secondary N) is 1. The molecule has 106 valence electrons. The SMILES string of the molecule is CCc1ccc(CC(Cc2ccc(Cl)cc2)NN)cc1. The molecule has 0 spiro atoms. The van der Waals surface area contributed by atoms with Gasteiger partial charge in [-0.15, -0.1) is 0 Å². The second kappa shape index (κ2) is 7.44. The number of rotatable bonds is 6. The molecule has 0 amide bonds. The van der Waals surface area contributed by atoms with Crippen LogP contribution in [0.15, 0.2) is 48.5 Å². The van der Waals surface area contributed by atoms with Gasteiger partial charge in [0.2, 0.25) is 0 Å². The minimum Gasteiger partial charge on any atom is -0.271 e. The minimum atomic E-state index is 0.226. The van der Waals surface area contributed by atoms with Gasteiger partial charge in [-0.3, -0.25) is 11.3 Å². The van der Waals surface area contributed by atoms with Crippen molar-refractivity contribution in [1.29, 1.82) is 0 Å². The third-order valence-corrected chi connectivity index (χ3v) is 3.80. The normalized spacial score (nSPS) is 12.3. The summed E-state index contributed by atoms with van der Waals surface area (Å²) >= 11 is 5.90. The lowest BCUT2D eigenvalue weighted by atomic mass is 9.98. The quantitative estimate of drug-likeness (QED) is 0.630. The maximum atomic E-state index is 5.90. The van der Waals surface area contributed by atoms with Crippen LogP contribution in [0.5, 0.6) is 0 Å². The molecule has 0 aromatic heterocycles. The number of aryl methyl sites for hydroxylation is 1. The summed E-state index contributed by atoms with van der Waals surface area (Å²) in [5.74, 6) is 5.68. The highest BCUT2D eigenvalue weighted by Gasteiger charge is 2.09. The van der Waals surface area contributed by atoms with Crippen LogP contribution in [-0.4, -0.2) is 6.04 Å². The van der Waals surface area contributed by atoms with Crippen molar-refractivity contribution in [3.8, 4) is 0 Å². The monoisotopic (exact) mass is 288 g/mol. The molecule has 0 aliphatic carbocycles. The fourth-order valence-electron chi connectivity index (χ4n) is 2.29. The molecule has 0 saturated carbocycles. The Bertz CT molecular complexity index is 520. The van der Waals surface area contributed by atoms with E-state index in [9.17, 15) is 0 Å². The van der Waals surface area contributed by atoms with Gasteiger partial charge in [0, 0.05) is 11.1 Å². The molecule has 3 heteroatoms. The van der Waals surface area contributed by atoms with Crippen molar-refractivity contribution < 1.29 is 0 Å². The Morgan fingerprint density at radius 1 is 0.900 bits per heavy atom. The summed E-state index contributed by atoms with van der Waals surface area (Å²) in [5.41, 5.74) is 6.82. The smallest absolute Gasteiger partial charge is 0.0406 e. The van der Waals surface area contributed by atoms with E-state index in [0.29, 0.717) is 0 Å².